The van der Waals surface area contributed by atoms with Crippen molar-refractivity contribution < 1.29 is 19.1 Å². The van der Waals surface area contributed by atoms with E-state index in [4.69, 9.17) is 5.11 Å². The van der Waals surface area contributed by atoms with E-state index in [1.54, 1.807) is 6.92 Å². The molecule has 0 radical (unpaired) electrons. The number of hydrogen-bond donors (Lipinski definition) is 1. The van der Waals surface area contributed by atoms with Crippen molar-refractivity contribution in [1.29, 1.82) is 0 Å². The molecule has 1 amide bonds. The number of carbonyl (C=O) groups excluding carboxylic acids is 1. The Kier molecular flexibility index (Phi) is 4.42. The molecule has 1 heterocycles. The minimum Gasteiger partial charge on any atom is -0.481 e. The lowest BCUT2D eigenvalue weighted by Gasteiger charge is -2.35. The van der Waals surface area contributed by atoms with Gasteiger partial charge in [0, 0.05) is 17.6 Å². The molecule has 2 rings (SSSR count). The van der Waals surface area contributed by atoms with E-state index in [-0.39, 0.29) is 17.4 Å². The summed E-state index contributed by atoms with van der Waals surface area (Å²) >= 11 is 3.21. The molecule has 1 saturated heterocycles. The van der Waals surface area contributed by atoms with Gasteiger partial charge in [0.1, 0.15) is 5.82 Å². The topological polar surface area (TPSA) is 57.6 Å². The number of carbonyl (C=O) groups is 2. The number of aliphatic carboxylic acids is 1. The van der Waals surface area contributed by atoms with Crippen molar-refractivity contribution in [3.63, 3.8) is 0 Å². The number of hydrogen-bond acceptors (Lipinski definition) is 2. The fourth-order valence-electron chi connectivity index (χ4n) is 2.53. The fourth-order valence-corrected chi connectivity index (χ4v) is 2.89. The quantitative estimate of drug-likeness (QED) is 0.898. The number of carboxylic acids is 1. The maximum atomic E-state index is 13.7. The zero-order chi connectivity index (χ0) is 14.9. The molecular formula is C14H15BrFNO3. The van der Waals surface area contributed by atoms with E-state index in [0.29, 0.717) is 24.0 Å². The number of likely N-dealkylation sites (tertiary alicyclic amines) is 1. The van der Waals surface area contributed by atoms with Gasteiger partial charge in [-0.05, 0) is 30.5 Å². The third-order valence-electron chi connectivity index (χ3n) is 3.67. The smallest absolute Gasteiger partial charge is 0.306 e. The van der Waals surface area contributed by atoms with Gasteiger partial charge in [-0.3, -0.25) is 9.59 Å². The van der Waals surface area contributed by atoms with Gasteiger partial charge in [-0.15, -0.1) is 0 Å². The molecule has 2 atom stereocenters. The Morgan fingerprint density at radius 3 is 2.75 bits per heavy atom. The highest BCUT2D eigenvalue weighted by Gasteiger charge is 2.33. The second kappa shape index (κ2) is 5.91. The van der Waals surface area contributed by atoms with Crippen molar-refractivity contribution in [2.45, 2.75) is 13.3 Å². The van der Waals surface area contributed by atoms with Crippen LogP contribution < -0.4 is 0 Å². The molecule has 0 aromatic heterocycles. The summed E-state index contributed by atoms with van der Waals surface area (Å²) in [6.45, 7) is 2.48. The van der Waals surface area contributed by atoms with Crippen LogP contribution in [0.15, 0.2) is 22.7 Å². The van der Waals surface area contributed by atoms with Crippen molar-refractivity contribution in [3.8, 4) is 0 Å². The summed E-state index contributed by atoms with van der Waals surface area (Å²) in [5.74, 6) is -2.37. The average molecular weight is 344 g/mol. The summed E-state index contributed by atoms with van der Waals surface area (Å²) in [5.41, 5.74) is 0.0142. The zero-order valence-electron chi connectivity index (χ0n) is 11.0. The van der Waals surface area contributed by atoms with E-state index in [1.165, 1.54) is 23.1 Å². The molecule has 4 nitrogen and oxygen atoms in total. The van der Waals surface area contributed by atoms with Gasteiger partial charge in [0.2, 0.25) is 0 Å². The van der Waals surface area contributed by atoms with Crippen molar-refractivity contribution >= 4 is 27.8 Å². The van der Waals surface area contributed by atoms with Crippen LogP contribution in [0.2, 0.25) is 0 Å². The molecular weight excluding hydrogens is 329 g/mol. The number of rotatable bonds is 2. The fraction of sp³-hybridized carbons (Fsp3) is 0.429. The molecule has 108 valence electrons. The molecule has 0 saturated carbocycles. The molecule has 2 unspecified atom stereocenters. The zero-order valence-corrected chi connectivity index (χ0v) is 12.6. The standard InChI is InChI=1S/C14H15BrFNO3/c1-8-7-17(5-4-10(8)14(19)20)13(18)11-6-9(15)2-3-12(11)16/h2-3,6,8,10H,4-5,7H2,1H3,(H,19,20). The molecule has 1 aliphatic heterocycles. The molecule has 1 fully saturated rings. The van der Waals surface area contributed by atoms with Crippen molar-refractivity contribution in [2.24, 2.45) is 11.8 Å². The highest BCUT2D eigenvalue weighted by atomic mass is 79.9. The second-order valence-corrected chi connectivity index (χ2v) is 6.00. The Hall–Kier alpha value is -1.43. The number of piperidine rings is 1. The van der Waals surface area contributed by atoms with E-state index < -0.39 is 17.7 Å². The largest absolute Gasteiger partial charge is 0.481 e. The molecule has 1 aromatic carbocycles. The maximum Gasteiger partial charge on any atom is 0.306 e. The maximum absolute atomic E-state index is 13.7. The summed E-state index contributed by atoms with van der Waals surface area (Å²) in [6, 6.07) is 4.22. The van der Waals surface area contributed by atoms with Crippen molar-refractivity contribution in [2.75, 3.05) is 13.1 Å². The van der Waals surface area contributed by atoms with Crippen LogP contribution >= 0.6 is 15.9 Å². The van der Waals surface area contributed by atoms with Gasteiger partial charge in [0.15, 0.2) is 0 Å². The monoisotopic (exact) mass is 343 g/mol. The summed E-state index contributed by atoms with van der Waals surface area (Å²) < 4.78 is 14.3. The van der Waals surface area contributed by atoms with Gasteiger partial charge in [-0.2, -0.15) is 0 Å². The Balaban J connectivity index is 2.15. The first-order valence-electron chi connectivity index (χ1n) is 6.37. The molecule has 20 heavy (non-hydrogen) atoms. The highest BCUT2D eigenvalue weighted by Crippen LogP contribution is 2.26. The highest BCUT2D eigenvalue weighted by molar-refractivity contribution is 9.10. The minimum absolute atomic E-state index is 0.0142. The van der Waals surface area contributed by atoms with E-state index in [9.17, 15) is 14.0 Å². The minimum atomic E-state index is -0.835. The first kappa shape index (κ1) is 15.0. The summed E-state index contributed by atoms with van der Waals surface area (Å²) in [5, 5.41) is 9.06. The van der Waals surface area contributed by atoms with Crippen LogP contribution in [0.25, 0.3) is 0 Å². The summed E-state index contributed by atoms with van der Waals surface area (Å²) in [7, 11) is 0. The normalized spacial score (nSPS) is 22.6. The molecule has 0 spiro atoms. The SMILES string of the molecule is CC1CN(C(=O)c2cc(Br)ccc2F)CCC1C(=O)O. The van der Waals surface area contributed by atoms with E-state index >= 15 is 0 Å². The van der Waals surface area contributed by atoms with Crippen LogP contribution in [0.3, 0.4) is 0 Å². The average Bonchev–Trinajstić information content (AvgIpc) is 2.40. The third kappa shape index (κ3) is 3.00. The third-order valence-corrected chi connectivity index (χ3v) is 4.16. The van der Waals surface area contributed by atoms with E-state index in [1.807, 2.05) is 0 Å². The van der Waals surface area contributed by atoms with Crippen LogP contribution in [0.4, 0.5) is 4.39 Å². The first-order chi connectivity index (χ1) is 9.40. The Morgan fingerprint density at radius 1 is 1.45 bits per heavy atom. The van der Waals surface area contributed by atoms with Gasteiger partial charge >= 0.3 is 5.97 Å². The van der Waals surface area contributed by atoms with Crippen molar-refractivity contribution in [3.05, 3.63) is 34.1 Å². The Bertz CT molecular complexity index is 549. The molecule has 1 N–H and O–H groups in total. The Morgan fingerprint density at radius 2 is 2.15 bits per heavy atom. The summed E-state index contributed by atoms with van der Waals surface area (Å²) in [4.78, 5) is 24.9. The molecule has 1 aromatic rings. The number of amides is 1. The molecule has 0 aliphatic carbocycles. The number of benzene rings is 1. The van der Waals surface area contributed by atoms with E-state index in [2.05, 4.69) is 15.9 Å². The van der Waals surface area contributed by atoms with Crippen molar-refractivity contribution in [1.82, 2.24) is 4.90 Å². The van der Waals surface area contributed by atoms with Gasteiger partial charge in [0.25, 0.3) is 5.91 Å². The van der Waals surface area contributed by atoms with Gasteiger partial charge in [-0.25, -0.2) is 4.39 Å². The van der Waals surface area contributed by atoms with Crippen LogP contribution in [-0.4, -0.2) is 35.0 Å². The predicted octanol–water partition coefficient (Wildman–Crippen LogP) is 2.77. The van der Waals surface area contributed by atoms with Crippen LogP contribution in [0.5, 0.6) is 0 Å². The lowest BCUT2D eigenvalue weighted by atomic mass is 9.87. The number of carboxylic acid groups (broad SMARTS) is 1. The number of halogens is 2. The Labute approximate surface area is 124 Å². The van der Waals surface area contributed by atoms with Gasteiger partial charge in [-0.1, -0.05) is 22.9 Å². The lowest BCUT2D eigenvalue weighted by Crippen LogP contribution is -2.45. The molecule has 1 aliphatic rings. The molecule has 6 heteroatoms. The van der Waals surface area contributed by atoms with Crippen LogP contribution in [-0.2, 0) is 4.79 Å². The first-order valence-corrected chi connectivity index (χ1v) is 7.16. The predicted molar refractivity (Wildman–Crippen MR) is 74.9 cm³/mol. The van der Waals surface area contributed by atoms with Crippen LogP contribution in [0, 0.1) is 17.7 Å². The number of nitrogens with zero attached hydrogens (tertiary/aromatic N) is 1. The lowest BCUT2D eigenvalue weighted by molar-refractivity contribution is -0.145. The van der Waals surface area contributed by atoms with Crippen LogP contribution in [0.1, 0.15) is 23.7 Å². The van der Waals surface area contributed by atoms with E-state index in [0.717, 1.165) is 0 Å². The summed E-state index contributed by atoms with van der Waals surface area (Å²) in [6.07, 6.45) is 0.401. The van der Waals surface area contributed by atoms with Gasteiger partial charge < -0.3 is 10.0 Å². The molecule has 0 bridgehead atoms. The second-order valence-electron chi connectivity index (χ2n) is 5.09. The van der Waals surface area contributed by atoms with Gasteiger partial charge in [0.05, 0.1) is 11.5 Å².